The maximum absolute atomic E-state index is 12.0. The van der Waals surface area contributed by atoms with Crippen LogP contribution in [-0.2, 0) is 4.79 Å². The van der Waals surface area contributed by atoms with Gasteiger partial charge in [-0.2, -0.15) is 13.2 Å². The van der Waals surface area contributed by atoms with E-state index < -0.39 is 18.6 Å². The van der Waals surface area contributed by atoms with Gasteiger partial charge in [-0.05, 0) is 37.1 Å². The molecule has 10 heteroatoms. The van der Waals surface area contributed by atoms with Crippen LogP contribution in [0.4, 0.5) is 24.0 Å². The van der Waals surface area contributed by atoms with E-state index in [1.165, 1.54) is 16.9 Å². The molecule has 0 radical (unpaired) electrons. The fraction of sp³-hybridized carbons (Fsp3) is 0.357. The van der Waals surface area contributed by atoms with Gasteiger partial charge in [0.05, 0.1) is 5.75 Å². The van der Waals surface area contributed by atoms with Crippen LogP contribution in [0, 0.1) is 13.8 Å². The zero-order valence-corrected chi connectivity index (χ0v) is 14.5. The highest BCUT2D eigenvalue weighted by molar-refractivity contribution is 8.01. The number of aromatic nitrogens is 2. The highest BCUT2D eigenvalue weighted by Crippen LogP contribution is 2.28. The van der Waals surface area contributed by atoms with Gasteiger partial charge in [0, 0.05) is 5.69 Å². The Balaban J connectivity index is 1.84. The average Bonchev–Trinajstić information content (AvgIpc) is 2.94. The van der Waals surface area contributed by atoms with Crippen molar-refractivity contribution >= 4 is 39.8 Å². The summed E-state index contributed by atoms with van der Waals surface area (Å²) in [6.07, 6.45) is -4.41. The second-order valence-corrected chi connectivity index (χ2v) is 7.18. The van der Waals surface area contributed by atoms with E-state index in [1.54, 1.807) is 0 Å². The van der Waals surface area contributed by atoms with Crippen LogP contribution in [0.2, 0.25) is 0 Å². The SMILES string of the molecule is Cc1ccc(Nc2nnc(SCC(=O)NCC(F)(F)F)s2)cc1C. The van der Waals surface area contributed by atoms with Gasteiger partial charge in [0.15, 0.2) is 4.34 Å². The van der Waals surface area contributed by atoms with Crippen molar-refractivity contribution in [3.63, 3.8) is 0 Å². The molecule has 24 heavy (non-hydrogen) atoms. The molecule has 0 spiro atoms. The summed E-state index contributed by atoms with van der Waals surface area (Å²) in [6.45, 7) is 2.69. The summed E-state index contributed by atoms with van der Waals surface area (Å²) in [5.74, 6) is -0.842. The predicted octanol–water partition coefficient (Wildman–Crippen LogP) is 3.67. The minimum Gasteiger partial charge on any atom is -0.346 e. The zero-order chi connectivity index (χ0) is 17.7. The number of carbonyl (C=O) groups is 1. The third-order valence-corrected chi connectivity index (χ3v) is 4.95. The molecule has 1 heterocycles. The summed E-state index contributed by atoms with van der Waals surface area (Å²) in [4.78, 5) is 11.3. The monoisotopic (exact) mass is 376 g/mol. The van der Waals surface area contributed by atoms with E-state index in [2.05, 4.69) is 15.5 Å². The number of hydrogen-bond donors (Lipinski definition) is 2. The molecular formula is C14H15F3N4OS2. The van der Waals surface area contributed by atoms with Gasteiger partial charge in [0.2, 0.25) is 11.0 Å². The standard InChI is InChI=1S/C14H15F3N4OS2/c1-8-3-4-10(5-9(8)2)19-12-20-21-13(24-12)23-6-11(22)18-7-14(15,16)17/h3-5H,6-7H2,1-2H3,(H,18,22)(H,19,20). The Morgan fingerprint density at radius 3 is 2.67 bits per heavy atom. The molecule has 0 unspecified atom stereocenters. The number of amides is 1. The molecule has 0 bridgehead atoms. The third kappa shape index (κ3) is 6.00. The first-order chi connectivity index (χ1) is 11.2. The molecule has 2 rings (SSSR count). The molecular weight excluding hydrogens is 361 g/mol. The first-order valence-electron chi connectivity index (χ1n) is 6.87. The van der Waals surface area contributed by atoms with Crippen LogP contribution >= 0.6 is 23.1 Å². The van der Waals surface area contributed by atoms with Gasteiger partial charge >= 0.3 is 6.18 Å². The Labute approximate surface area is 145 Å². The van der Waals surface area contributed by atoms with Crippen LogP contribution in [0.15, 0.2) is 22.5 Å². The summed E-state index contributed by atoms with van der Waals surface area (Å²) in [7, 11) is 0. The third-order valence-electron chi connectivity index (χ3n) is 2.98. The van der Waals surface area contributed by atoms with Crippen molar-refractivity contribution in [3.05, 3.63) is 29.3 Å². The number of hydrogen-bond acceptors (Lipinski definition) is 6. The zero-order valence-electron chi connectivity index (χ0n) is 12.9. The van der Waals surface area contributed by atoms with Gasteiger partial charge < -0.3 is 10.6 Å². The summed E-state index contributed by atoms with van der Waals surface area (Å²) in [5.41, 5.74) is 3.19. The molecule has 2 N–H and O–H groups in total. The summed E-state index contributed by atoms with van der Waals surface area (Å²) in [6, 6.07) is 5.88. The fourth-order valence-electron chi connectivity index (χ4n) is 1.64. The van der Waals surface area contributed by atoms with Crippen molar-refractivity contribution in [2.45, 2.75) is 24.4 Å². The van der Waals surface area contributed by atoms with Gasteiger partial charge in [-0.3, -0.25) is 4.79 Å². The molecule has 1 aromatic carbocycles. The van der Waals surface area contributed by atoms with Gasteiger partial charge in [-0.15, -0.1) is 10.2 Å². The molecule has 130 valence electrons. The van der Waals surface area contributed by atoms with E-state index in [9.17, 15) is 18.0 Å². The molecule has 0 aliphatic carbocycles. The molecule has 0 saturated carbocycles. The number of nitrogens with one attached hydrogen (secondary N) is 2. The smallest absolute Gasteiger partial charge is 0.346 e. The minimum absolute atomic E-state index is 0.144. The Morgan fingerprint density at radius 2 is 2.00 bits per heavy atom. The lowest BCUT2D eigenvalue weighted by Crippen LogP contribution is -2.34. The second-order valence-electron chi connectivity index (χ2n) is 4.98. The Morgan fingerprint density at radius 1 is 1.25 bits per heavy atom. The predicted molar refractivity (Wildman–Crippen MR) is 88.9 cm³/mol. The quantitative estimate of drug-likeness (QED) is 0.753. The molecule has 0 aliphatic heterocycles. The van der Waals surface area contributed by atoms with Gasteiger partial charge in [0.25, 0.3) is 0 Å². The van der Waals surface area contributed by atoms with Crippen molar-refractivity contribution in [1.82, 2.24) is 15.5 Å². The Bertz CT molecular complexity index is 718. The van der Waals surface area contributed by atoms with Crippen LogP contribution in [-0.4, -0.2) is 34.6 Å². The fourth-order valence-corrected chi connectivity index (χ4v) is 3.24. The van der Waals surface area contributed by atoms with Crippen LogP contribution in [0.25, 0.3) is 0 Å². The topological polar surface area (TPSA) is 66.9 Å². The van der Waals surface area contributed by atoms with E-state index >= 15 is 0 Å². The lowest BCUT2D eigenvalue weighted by Gasteiger charge is -2.07. The van der Waals surface area contributed by atoms with Crippen LogP contribution in [0.5, 0.6) is 0 Å². The Kier molecular flexibility index (Phi) is 6.05. The number of benzene rings is 1. The molecule has 1 amide bonds. The number of aryl methyl sites for hydroxylation is 2. The van der Waals surface area contributed by atoms with Gasteiger partial charge in [-0.1, -0.05) is 29.2 Å². The number of alkyl halides is 3. The van der Waals surface area contributed by atoms with E-state index in [1.807, 2.05) is 37.4 Å². The van der Waals surface area contributed by atoms with Crippen LogP contribution < -0.4 is 10.6 Å². The van der Waals surface area contributed by atoms with Crippen molar-refractivity contribution in [2.75, 3.05) is 17.6 Å². The maximum atomic E-state index is 12.0. The van der Waals surface area contributed by atoms with Gasteiger partial charge in [-0.25, -0.2) is 0 Å². The number of thioether (sulfide) groups is 1. The minimum atomic E-state index is -4.41. The second kappa shape index (κ2) is 7.84. The van der Waals surface area contributed by atoms with E-state index in [-0.39, 0.29) is 5.75 Å². The number of halogens is 3. The van der Waals surface area contributed by atoms with Crippen molar-refractivity contribution in [3.8, 4) is 0 Å². The first-order valence-corrected chi connectivity index (χ1v) is 8.67. The largest absolute Gasteiger partial charge is 0.405 e. The highest BCUT2D eigenvalue weighted by Gasteiger charge is 2.27. The molecule has 0 aliphatic rings. The van der Waals surface area contributed by atoms with E-state index in [0.29, 0.717) is 9.47 Å². The number of anilines is 2. The van der Waals surface area contributed by atoms with Gasteiger partial charge in [0.1, 0.15) is 6.54 Å². The molecule has 0 saturated heterocycles. The van der Waals surface area contributed by atoms with Crippen LogP contribution in [0.3, 0.4) is 0 Å². The van der Waals surface area contributed by atoms with Crippen molar-refractivity contribution < 1.29 is 18.0 Å². The maximum Gasteiger partial charge on any atom is 0.405 e. The molecule has 0 atom stereocenters. The number of nitrogens with zero attached hydrogens (tertiary/aromatic N) is 2. The number of rotatable bonds is 6. The normalized spacial score (nSPS) is 11.4. The number of carbonyl (C=O) groups excluding carboxylic acids is 1. The summed E-state index contributed by atoms with van der Waals surface area (Å²) < 4.78 is 36.5. The summed E-state index contributed by atoms with van der Waals surface area (Å²) in [5, 5.41) is 13.3. The molecule has 0 fully saturated rings. The lowest BCUT2D eigenvalue weighted by atomic mass is 10.1. The first kappa shape index (κ1) is 18.5. The summed E-state index contributed by atoms with van der Waals surface area (Å²) >= 11 is 2.27. The van der Waals surface area contributed by atoms with Crippen molar-refractivity contribution in [2.24, 2.45) is 0 Å². The van der Waals surface area contributed by atoms with Crippen LogP contribution in [0.1, 0.15) is 11.1 Å². The molecule has 2 aromatic rings. The molecule has 1 aromatic heterocycles. The van der Waals surface area contributed by atoms with E-state index in [0.717, 1.165) is 23.0 Å². The lowest BCUT2D eigenvalue weighted by molar-refractivity contribution is -0.136. The highest BCUT2D eigenvalue weighted by atomic mass is 32.2. The average molecular weight is 376 g/mol. The van der Waals surface area contributed by atoms with Crippen molar-refractivity contribution in [1.29, 1.82) is 0 Å². The Hall–Kier alpha value is -1.81. The molecule has 5 nitrogen and oxygen atoms in total. The van der Waals surface area contributed by atoms with E-state index in [4.69, 9.17) is 0 Å².